The van der Waals surface area contributed by atoms with Crippen molar-refractivity contribution >= 4 is 22.9 Å². The maximum absolute atomic E-state index is 6.27. The second-order valence-corrected chi connectivity index (χ2v) is 6.38. The number of hydrogen-bond acceptors (Lipinski definition) is 4. The van der Waals surface area contributed by atoms with Crippen LogP contribution in [0.15, 0.2) is 12.1 Å². The number of nitrogens with zero attached hydrogens (tertiary/aromatic N) is 1. The molecule has 3 unspecified atom stereocenters. The highest BCUT2D eigenvalue weighted by Crippen LogP contribution is 2.33. The molecule has 3 atom stereocenters. The van der Waals surface area contributed by atoms with Crippen LogP contribution in [-0.4, -0.2) is 37.7 Å². The molecule has 0 aliphatic carbocycles. The van der Waals surface area contributed by atoms with Crippen molar-refractivity contribution in [2.75, 3.05) is 20.8 Å². The minimum absolute atomic E-state index is 0.101. The number of thiophene rings is 1. The first-order valence-electron chi connectivity index (χ1n) is 6.22. The van der Waals surface area contributed by atoms with Crippen molar-refractivity contribution in [3.8, 4) is 0 Å². The van der Waals surface area contributed by atoms with Crippen molar-refractivity contribution in [2.45, 2.75) is 38.4 Å². The number of methoxy groups -OCH3 is 1. The van der Waals surface area contributed by atoms with Crippen molar-refractivity contribution in [1.29, 1.82) is 0 Å². The molecule has 1 aromatic heterocycles. The zero-order chi connectivity index (χ0) is 13.7. The monoisotopic (exact) mass is 290 g/mol. The SMILES string of the molecule is CCC(N)C(c1ccc(Cl)s1)N(C)C(C)COC. The molecule has 1 aromatic rings. The van der Waals surface area contributed by atoms with Crippen molar-refractivity contribution in [1.82, 2.24) is 4.90 Å². The third-order valence-electron chi connectivity index (χ3n) is 3.30. The van der Waals surface area contributed by atoms with E-state index in [4.69, 9.17) is 22.1 Å². The quantitative estimate of drug-likeness (QED) is 0.838. The Bertz CT molecular complexity index is 359. The highest BCUT2D eigenvalue weighted by molar-refractivity contribution is 7.16. The van der Waals surface area contributed by atoms with Gasteiger partial charge in [-0.05, 0) is 32.5 Å². The van der Waals surface area contributed by atoms with Gasteiger partial charge in [-0.3, -0.25) is 4.90 Å². The summed E-state index contributed by atoms with van der Waals surface area (Å²) in [6.07, 6.45) is 0.935. The minimum atomic E-state index is 0.101. The average Bonchev–Trinajstić information content (AvgIpc) is 2.75. The van der Waals surface area contributed by atoms with Gasteiger partial charge in [-0.2, -0.15) is 0 Å². The summed E-state index contributed by atoms with van der Waals surface area (Å²) in [5.74, 6) is 0. The Kier molecular flexibility index (Phi) is 6.60. The highest BCUT2D eigenvalue weighted by Gasteiger charge is 2.27. The summed E-state index contributed by atoms with van der Waals surface area (Å²) in [5.41, 5.74) is 6.27. The Morgan fingerprint density at radius 2 is 2.17 bits per heavy atom. The van der Waals surface area contributed by atoms with Crippen LogP contribution in [0.3, 0.4) is 0 Å². The summed E-state index contributed by atoms with van der Waals surface area (Å²) < 4.78 is 6.04. The van der Waals surface area contributed by atoms with Gasteiger partial charge in [-0.25, -0.2) is 0 Å². The fraction of sp³-hybridized carbons (Fsp3) is 0.692. The first-order chi connectivity index (χ1) is 8.51. The van der Waals surface area contributed by atoms with E-state index >= 15 is 0 Å². The third-order valence-corrected chi connectivity index (χ3v) is 4.61. The van der Waals surface area contributed by atoms with Crippen LogP contribution in [0.4, 0.5) is 0 Å². The predicted octanol–water partition coefficient (Wildman–Crippen LogP) is 3.15. The van der Waals surface area contributed by atoms with E-state index in [0.717, 1.165) is 10.8 Å². The fourth-order valence-electron chi connectivity index (χ4n) is 2.06. The van der Waals surface area contributed by atoms with Gasteiger partial charge in [0.25, 0.3) is 0 Å². The third kappa shape index (κ3) is 3.93. The van der Waals surface area contributed by atoms with Crippen molar-refractivity contribution < 1.29 is 4.74 Å². The van der Waals surface area contributed by atoms with Crippen molar-refractivity contribution in [2.24, 2.45) is 5.73 Å². The normalized spacial score (nSPS) is 16.8. The van der Waals surface area contributed by atoms with Gasteiger partial charge in [-0.1, -0.05) is 18.5 Å². The molecule has 3 nitrogen and oxygen atoms in total. The lowest BCUT2D eigenvalue weighted by molar-refractivity contribution is 0.0805. The van der Waals surface area contributed by atoms with Gasteiger partial charge in [0.15, 0.2) is 0 Å². The largest absolute Gasteiger partial charge is 0.383 e. The molecule has 0 bridgehead atoms. The van der Waals surface area contributed by atoms with E-state index in [1.807, 2.05) is 6.07 Å². The molecule has 0 aliphatic heterocycles. The van der Waals surface area contributed by atoms with Crippen LogP contribution >= 0.6 is 22.9 Å². The van der Waals surface area contributed by atoms with Crippen LogP contribution in [0, 0.1) is 0 Å². The standard InChI is InChI=1S/C13H23ClN2OS/c1-5-10(15)13(11-6-7-12(14)18-11)16(3)9(2)8-17-4/h6-7,9-10,13H,5,8,15H2,1-4H3. The predicted molar refractivity (Wildman–Crippen MR) is 79.4 cm³/mol. The smallest absolute Gasteiger partial charge is 0.0931 e. The molecule has 5 heteroatoms. The van der Waals surface area contributed by atoms with Crippen LogP contribution in [-0.2, 0) is 4.74 Å². The first kappa shape index (κ1) is 15.9. The molecule has 0 radical (unpaired) electrons. The molecule has 104 valence electrons. The number of hydrogen-bond donors (Lipinski definition) is 1. The molecular formula is C13H23ClN2OS. The molecule has 0 saturated heterocycles. The Hall–Kier alpha value is -0.130. The Balaban J connectivity index is 2.91. The molecular weight excluding hydrogens is 268 g/mol. The number of ether oxygens (including phenoxy) is 1. The summed E-state index contributed by atoms with van der Waals surface area (Å²) in [5, 5.41) is 0. The summed E-state index contributed by atoms with van der Waals surface area (Å²) in [6, 6.07) is 4.62. The van der Waals surface area contributed by atoms with Crippen LogP contribution in [0.2, 0.25) is 4.34 Å². The van der Waals surface area contributed by atoms with E-state index in [-0.39, 0.29) is 12.1 Å². The molecule has 0 saturated carbocycles. The average molecular weight is 291 g/mol. The Labute approximate surface area is 119 Å². The zero-order valence-corrected chi connectivity index (χ0v) is 13.1. The van der Waals surface area contributed by atoms with E-state index in [1.165, 1.54) is 4.88 Å². The van der Waals surface area contributed by atoms with Gasteiger partial charge < -0.3 is 10.5 Å². The summed E-state index contributed by atoms with van der Waals surface area (Å²) >= 11 is 7.64. The summed E-state index contributed by atoms with van der Waals surface area (Å²) in [6.45, 7) is 4.96. The summed E-state index contributed by atoms with van der Waals surface area (Å²) in [7, 11) is 3.82. The Morgan fingerprint density at radius 1 is 1.50 bits per heavy atom. The lowest BCUT2D eigenvalue weighted by Crippen LogP contribution is -2.44. The Morgan fingerprint density at radius 3 is 2.61 bits per heavy atom. The van der Waals surface area contributed by atoms with E-state index < -0.39 is 0 Å². The van der Waals surface area contributed by atoms with Gasteiger partial charge >= 0.3 is 0 Å². The molecule has 1 heterocycles. The fourth-order valence-corrected chi connectivity index (χ4v) is 3.35. The van der Waals surface area contributed by atoms with E-state index in [9.17, 15) is 0 Å². The van der Waals surface area contributed by atoms with E-state index in [0.29, 0.717) is 12.6 Å². The number of likely N-dealkylation sites (N-methyl/N-ethyl adjacent to an activating group) is 1. The van der Waals surface area contributed by atoms with E-state index in [2.05, 4.69) is 31.9 Å². The van der Waals surface area contributed by atoms with Crippen molar-refractivity contribution in [3.63, 3.8) is 0 Å². The van der Waals surface area contributed by atoms with Crippen molar-refractivity contribution in [3.05, 3.63) is 21.3 Å². The van der Waals surface area contributed by atoms with Crippen LogP contribution in [0.1, 0.15) is 31.2 Å². The topological polar surface area (TPSA) is 38.5 Å². The minimum Gasteiger partial charge on any atom is -0.383 e. The van der Waals surface area contributed by atoms with Crippen LogP contribution < -0.4 is 5.73 Å². The number of rotatable bonds is 7. The number of halogens is 1. The summed E-state index contributed by atoms with van der Waals surface area (Å²) in [4.78, 5) is 3.50. The van der Waals surface area contributed by atoms with E-state index in [1.54, 1.807) is 18.4 Å². The molecule has 0 fully saturated rings. The van der Waals surface area contributed by atoms with Gasteiger partial charge in [0, 0.05) is 24.1 Å². The maximum Gasteiger partial charge on any atom is 0.0931 e. The molecule has 0 amide bonds. The van der Waals surface area contributed by atoms with Crippen LogP contribution in [0.5, 0.6) is 0 Å². The van der Waals surface area contributed by atoms with Gasteiger partial charge in [0.1, 0.15) is 0 Å². The maximum atomic E-state index is 6.27. The second kappa shape index (κ2) is 7.46. The molecule has 18 heavy (non-hydrogen) atoms. The molecule has 1 rings (SSSR count). The zero-order valence-electron chi connectivity index (χ0n) is 11.5. The molecule has 0 aromatic carbocycles. The van der Waals surface area contributed by atoms with Gasteiger partial charge in [-0.15, -0.1) is 11.3 Å². The number of nitrogens with two attached hydrogens (primary N) is 1. The highest BCUT2D eigenvalue weighted by atomic mass is 35.5. The molecule has 0 aliphatic rings. The first-order valence-corrected chi connectivity index (χ1v) is 7.42. The van der Waals surface area contributed by atoms with Gasteiger partial charge in [0.2, 0.25) is 0 Å². The molecule has 0 spiro atoms. The second-order valence-electron chi connectivity index (χ2n) is 4.63. The molecule has 2 N–H and O–H groups in total. The van der Waals surface area contributed by atoms with Crippen LogP contribution in [0.25, 0.3) is 0 Å². The lowest BCUT2D eigenvalue weighted by atomic mass is 10.0. The lowest BCUT2D eigenvalue weighted by Gasteiger charge is -2.35. The van der Waals surface area contributed by atoms with Gasteiger partial charge in [0.05, 0.1) is 17.0 Å².